The van der Waals surface area contributed by atoms with Crippen LogP contribution in [0.3, 0.4) is 0 Å². The molecular formula is C53H55N. The lowest BCUT2D eigenvalue weighted by atomic mass is 9.48. The summed E-state index contributed by atoms with van der Waals surface area (Å²) in [7, 11) is 0. The number of fused-ring (bicyclic) bond motifs is 8. The summed E-state index contributed by atoms with van der Waals surface area (Å²) in [5, 5.41) is 0. The van der Waals surface area contributed by atoms with Crippen molar-refractivity contribution in [2.75, 3.05) is 4.90 Å². The molecule has 0 aromatic heterocycles. The topological polar surface area (TPSA) is 3.24 Å². The fourth-order valence-corrected chi connectivity index (χ4v) is 14.5. The fourth-order valence-electron chi connectivity index (χ4n) is 14.5. The van der Waals surface area contributed by atoms with E-state index in [1.807, 2.05) is 0 Å². The first kappa shape index (κ1) is 32.2. The van der Waals surface area contributed by atoms with Crippen LogP contribution in [0.1, 0.15) is 131 Å². The molecule has 0 spiro atoms. The molecule has 0 amide bonds. The predicted octanol–water partition coefficient (Wildman–Crippen LogP) is 14.1. The molecule has 0 aliphatic heterocycles. The zero-order valence-corrected chi connectivity index (χ0v) is 32.8. The summed E-state index contributed by atoms with van der Waals surface area (Å²) in [6.45, 7) is 9.73. The summed E-state index contributed by atoms with van der Waals surface area (Å²) < 4.78 is 0. The first-order valence-corrected chi connectivity index (χ1v) is 21.6. The van der Waals surface area contributed by atoms with Crippen LogP contribution in [-0.4, -0.2) is 0 Å². The van der Waals surface area contributed by atoms with Crippen LogP contribution in [0.4, 0.5) is 17.1 Å². The lowest BCUT2D eigenvalue weighted by Gasteiger charge is -2.57. The second kappa shape index (κ2) is 11.0. The molecule has 6 fully saturated rings. The Morgan fingerprint density at radius 3 is 1.67 bits per heavy atom. The van der Waals surface area contributed by atoms with Gasteiger partial charge < -0.3 is 4.90 Å². The summed E-state index contributed by atoms with van der Waals surface area (Å²) in [4.78, 5) is 2.56. The van der Waals surface area contributed by atoms with Crippen molar-refractivity contribution in [3.63, 3.8) is 0 Å². The van der Waals surface area contributed by atoms with Crippen LogP contribution in [0.25, 0.3) is 22.3 Å². The van der Waals surface area contributed by atoms with Gasteiger partial charge >= 0.3 is 0 Å². The van der Waals surface area contributed by atoms with Crippen LogP contribution in [0.5, 0.6) is 0 Å². The van der Waals surface area contributed by atoms with Gasteiger partial charge in [0.05, 0.1) is 0 Å². The van der Waals surface area contributed by atoms with E-state index in [0.717, 1.165) is 35.5 Å². The summed E-state index contributed by atoms with van der Waals surface area (Å²) in [5.41, 5.74) is 18.8. The Morgan fingerprint density at radius 1 is 0.463 bits per heavy atom. The van der Waals surface area contributed by atoms with Crippen LogP contribution in [0.15, 0.2) is 103 Å². The second-order valence-corrected chi connectivity index (χ2v) is 20.4. The first-order valence-electron chi connectivity index (χ1n) is 21.6. The molecule has 54 heavy (non-hydrogen) atoms. The molecule has 1 nitrogen and oxygen atoms in total. The minimum absolute atomic E-state index is 0.000312. The summed E-state index contributed by atoms with van der Waals surface area (Å²) in [6.07, 6.45) is 14.5. The molecule has 3 unspecified atom stereocenters. The summed E-state index contributed by atoms with van der Waals surface area (Å²) >= 11 is 0. The van der Waals surface area contributed by atoms with Gasteiger partial charge in [0, 0.05) is 27.9 Å². The average Bonchev–Trinajstić information content (AvgIpc) is 3.91. The van der Waals surface area contributed by atoms with E-state index in [1.54, 1.807) is 11.1 Å². The molecule has 0 N–H and O–H groups in total. The highest BCUT2D eigenvalue weighted by Crippen LogP contribution is 2.61. The summed E-state index contributed by atoms with van der Waals surface area (Å²) in [5.74, 6) is 5.49. The molecule has 8 aliphatic rings. The highest BCUT2D eigenvalue weighted by molar-refractivity contribution is 5.91. The molecule has 272 valence electrons. The van der Waals surface area contributed by atoms with E-state index in [1.165, 1.54) is 126 Å². The molecule has 13 rings (SSSR count). The van der Waals surface area contributed by atoms with E-state index in [0.29, 0.717) is 5.41 Å². The molecule has 0 saturated heterocycles. The minimum Gasteiger partial charge on any atom is -0.310 e. The quantitative estimate of drug-likeness (QED) is 0.176. The van der Waals surface area contributed by atoms with Gasteiger partial charge in [-0.3, -0.25) is 0 Å². The molecular weight excluding hydrogens is 651 g/mol. The third kappa shape index (κ3) is 4.45. The van der Waals surface area contributed by atoms with Gasteiger partial charge in [-0.05, 0) is 197 Å². The van der Waals surface area contributed by atoms with E-state index < -0.39 is 0 Å². The van der Waals surface area contributed by atoms with Crippen LogP contribution >= 0.6 is 0 Å². The second-order valence-electron chi connectivity index (χ2n) is 20.4. The molecule has 6 bridgehead atoms. The number of rotatable bonds is 5. The van der Waals surface area contributed by atoms with Crippen LogP contribution < -0.4 is 4.90 Å². The maximum Gasteiger partial charge on any atom is 0.0465 e. The van der Waals surface area contributed by atoms with Crippen LogP contribution in [0.2, 0.25) is 0 Å². The Bertz CT molecular complexity index is 2300. The molecule has 5 aromatic rings. The molecule has 0 radical (unpaired) electrons. The van der Waals surface area contributed by atoms with Crippen molar-refractivity contribution in [2.24, 2.45) is 29.6 Å². The SMILES string of the molecule is CC1(C)c2ccccc2-c2cc3c(cc21)C(C)(C)c1cc(N(c2ccc(C4CC5CCC4C5)cc2)c2ccc(C45CC6CC(CC(C6)C4)C5)cc2)ccc1-3. The average molecular weight is 706 g/mol. The number of anilines is 3. The zero-order chi connectivity index (χ0) is 36.1. The van der Waals surface area contributed by atoms with Gasteiger partial charge in [0.15, 0.2) is 0 Å². The van der Waals surface area contributed by atoms with Gasteiger partial charge in [0.2, 0.25) is 0 Å². The molecule has 8 aliphatic carbocycles. The first-order chi connectivity index (χ1) is 26.1. The number of nitrogens with zero attached hydrogens (tertiary/aromatic N) is 1. The molecule has 5 aromatic carbocycles. The lowest BCUT2D eigenvalue weighted by Crippen LogP contribution is -2.48. The van der Waals surface area contributed by atoms with Crippen LogP contribution in [-0.2, 0) is 16.2 Å². The van der Waals surface area contributed by atoms with Crippen molar-refractivity contribution in [2.45, 2.75) is 114 Å². The van der Waals surface area contributed by atoms with Gasteiger partial charge in [0.1, 0.15) is 0 Å². The normalized spacial score (nSPS) is 31.0. The Labute approximate surface area is 323 Å². The Balaban J connectivity index is 0.952. The van der Waals surface area contributed by atoms with E-state index >= 15 is 0 Å². The van der Waals surface area contributed by atoms with Gasteiger partial charge in [0.25, 0.3) is 0 Å². The molecule has 0 heterocycles. The zero-order valence-electron chi connectivity index (χ0n) is 32.8. The Kier molecular flexibility index (Phi) is 6.57. The third-order valence-electron chi connectivity index (χ3n) is 16.7. The largest absolute Gasteiger partial charge is 0.310 e. The van der Waals surface area contributed by atoms with Crippen molar-refractivity contribution in [3.8, 4) is 22.3 Å². The van der Waals surface area contributed by atoms with Crippen molar-refractivity contribution >= 4 is 17.1 Å². The maximum absolute atomic E-state index is 2.57. The van der Waals surface area contributed by atoms with Gasteiger partial charge in [-0.15, -0.1) is 0 Å². The molecule has 6 saturated carbocycles. The third-order valence-corrected chi connectivity index (χ3v) is 16.7. The highest BCUT2D eigenvalue weighted by Gasteiger charge is 2.51. The fraction of sp³-hybridized carbons (Fsp3) is 0.434. The van der Waals surface area contributed by atoms with Crippen molar-refractivity contribution in [1.82, 2.24) is 0 Å². The van der Waals surface area contributed by atoms with E-state index in [2.05, 4.69) is 136 Å². The smallest absolute Gasteiger partial charge is 0.0465 e. The van der Waals surface area contributed by atoms with E-state index in [4.69, 9.17) is 0 Å². The van der Waals surface area contributed by atoms with Gasteiger partial charge in [-0.1, -0.05) is 94.8 Å². The van der Waals surface area contributed by atoms with E-state index in [9.17, 15) is 0 Å². The van der Waals surface area contributed by atoms with Crippen molar-refractivity contribution in [3.05, 3.63) is 137 Å². The lowest BCUT2D eigenvalue weighted by molar-refractivity contribution is -0.00518. The highest BCUT2D eigenvalue weighted by atomic mass is 15.1. The predicted molar refractivity (Wildman–Crippen MR) is 224 cm³/mol. The summed E-state index contributed by atoms with van der Waals surface area (Å²) in [6, 6.07) is 41.4. The van der Waals surface area contributed by atoms with Gasteiger partial charge in [-0.25, -0.2) is 0 Å². The number of hydrogen-bond donors (Lipinski definition) is 0. The van der Waals surface area contributed by atoms with Crippen molar-refractivity contribution in [1.29, 1.82) is 0 Å². The minimum atomic E-state index is -0.0970. The number of hydrogen-bond acceptors (Lipinski definition) is 1. The van der Waals surface area contributed by atoms with E-state index in [-0.39, 0.29) is 10.8 Å². The van der Waals surface area contributed by atoms with Crippen molar-refractivity contribution < 1.29 is 0 Å². The van der Waals surface area contributed by atoms with Gasteiger partial charge in [-0.2, -0.15) is 0 Å². The molecule has 3 atom stereocenters. The maximum atomic E-state index is 2.57. The van der Waals surface area contributed by atoms with Crippen LogP contribution in [0, 0.1) is 29.6 Å². The monoisotopic (exact) mass is 705 g/mol. The molecule has 1 heteroatoms. The standard InChI is InChI=1S/C53H55N/c1-51(2)47-8-6-5-7-42(47)45-27-46-43-20-19-41(26-48(43)52(3,4)50(46)28-49(45)51)54(39-15-11-36(12-16-39)44-25-32-9-10-37(44)24-32)40-17-13-38(14-18-40)53-29-33-21-34(30-53)23-35(22-33)31-53/h5-8,11-20,26-28,32-35,37,44H,9-10,21-25,29-31H2,1-4H3. The Morgan fingerprint density at radius 2 is 1.04 bits per heavy atom. The number of benzene rings is 5. The Hall–Kier alpha value is -4.10.